The van der Waals surface area contributed by atoms with Crippen molar-refractivity contribution in [3.63, 3.8) is 0 Å². The Hall–Kier alpha value is -0.350. The number of rotatable bonds is 7. The molecule has 0 bridgehead atoms. The molecule has 1 N–H and O–H groups in total. The second-order valence-corrected chi connectivity index (χ2v) is 4.92. The van der Waals surface area contributed by atoms with Gasteiger partial charge in [-0.25, -0.2) is 4.98 Å². The highest BCUT2D eigenvalue weighted by Crippen LogP contribution is 2.17. The smallest absolute Gasteiger partial charge is 0.202 e. The predicted octanol–water partition coefficient (Wildman–Crippen LogP) is 3.48. The molecule has 0 spiro atoms. The van der Waals surface area contributed by atoms with Crippen LogP contribution < -0.4 is 5.32 Å². The van der Waals surface area contributed by atoms with Crippen LogP contribution >= 0.6 is 23.1 Å². The molecule has 0 aromatic carbocycles. The van der Waals surface area contributed by atoms with E-state index in [0.717, 1.165) is 36.2 Å². The van der Waals surface area contributed by atoms with Gasteiger partial charge in [0.05, 0.1) is 0 Å². The molecule has 86 valence electrons. The van der Waals surface area contributed by atoms with Crippen LogP contribution in [0.2, 0.25) is 0 Å². The maximum absolute atomic E-state index is 5.59. The number of hydrogen-bond acceptors (Lipinski definition) is 4. The van der Waals surface area contributed by atoms with E-state index in [-0.39, 0.29) is 0 Å². The van der Waals surface area contributed by atoms with Crippen LogP contribution in [0.1, 0.15) is 44.9 Å². The Bertz CT molecular complexity index is 275. The molecule has 0 saturated heterocycles. The second kappa shape index (κ2) is 7.01. The Balaban J connectivity index is 2.20. The third kappa shape index (κ3) is 4.80. The molecule has 0 atom stereocenters. The lowest BCUT2D eigenvalue weighted by molar-refractivity contribution is 0.745. The fraction of sp³-hybridized carbons (Fsp3) is 0.800. The molecule has 0 aliphatic rings. The minimum Gasteiger partial charge on any atom is -0.360 e. The first-order valence-electron chi connectivity index (χ1n) is 5.37. The Morgan fingerprint density at radius 3 is 2.73 bits per heavy atom. The maximum atomic E-state index is 5.59. The van der Waals surface area contributed by atoms with Gasteiger partial charge in [-0.2, -0.15) is 4.37 Å². The molecule has 5 heteroatoms. The number of nitrogens with one attached hydrogen (secondary N) is 1. The average molecular weight is 248 g/mol. The van der Waals surface area contributed by atoms with Crippen LogP contribution in [-0.2, 0) is 0 Å². The Morgan fingerprint density at radius 2 is 2.13 bits per heavy atom. The number of anilines is 1. The first-order chi connectivity index (χ1) is 7.24. The van der Waals surface area contributed by atoms with Crippen molar-refractivity contribution >= 4 is 28.3 Å². The topological polar surface area (TPSA) is 37.8 Å². The number of halogens is 1. The van der Waals surface area contributed by atoms with Gasteiger partial charge < -0.3 is 5.32 Å². The van der Waals surface area contributed by atoms with E-state index in [2.05, 4.69) is 28.5 Å². The van der Waals surface area contributed by atoms with E-state index in [0.29, 0.717) is 5.92 Å². The molecule has 15 heavy (non-hydrogen) atoms. The van der Waals surface area contributed by atoms with Gasteiger partial charge in [0.2, 0.25) is 5.13 Å². The molecule has 1 aromatic rings. The van der Waals surface area contributed by atoms with Crippen LogP contribution in [-0.4, -0.2) is 21.8 Å². The van der Waals surface area contributed by atoms with Crippen molar-refractivity contribution in [3.8, 4) is 0 Å². The fourth-order valence-electron chi connectivity index (χ4n) is 1.13. The van der Waals surface area contributed by atoms with E-state index in [1.165, 1.54) is 18.0 Å². The lowest BCUT2D eigenvalue weighted by Gasteiger charge is -2.00. The van der Waals surface area contributed by atoms with Crippen LogP contribution in [0.5, 0.6) is 0 Å². The van der Waals surface area contributed by atoms with Gasteiger partial charge in [-0.05, 0) is 12.8 Å². The summed E-state index contributed by atoms with van der Waals surface area (Å²) in [5.74, 6) is 2.10. The van der Waals surface area contributed by atoms with E-state index >= 15 is 0 Å². The summed E-state index contributed by atoms with van der Waals surface area (Å²) in [6, 6.07) is 0. The number of nitrogens with zero attached hydrogens (tertiary/aromatic N) is 2. The number of unbranched alkanes of at least 4 members (excludes halogenated alkanes) is 2. The third-order valence-electron chi connectivity index (χ3n) is 2.04. The Kier molecular flexibility index (Phi) is 5.95. The largest absolute Gasteiger partial charge is 0.360 e. The summed E-state index contributed by atoms with van der Waals surface area (Å²) in [5.41, 5.74) is 0. The summed E-state index contributed by atoms with van der Waals surface area (Å²) >= 11 is 7.04. The molecular weight excluding hydrogens is 230 g/mol. The fourth-order valence-corrected chi connectivity index (χ4v) is 2.05. The summed E-state index contributed by atoms with van der Waals surface area (Å²) in [7, 11) is 0. The highest BCUT2D eigenvalue weighted by Gasteiger charge is 2.06. The first-order valence-corrected chi connectivity index (χ1v) is 6.68. The molecule has 1 aromatic heterocycles. The van der Waals surface area contributed by atoms with Crippen molar-refractivity contribution in [1.82, 2.24) is 9.36 Å². The minimum absolute atomic E-state index is 0.410. The average Bonchev–Trinajstić information content (AvgIpc) is 2.66. The van der Waals surface area contributed by atoms with Crippen molar-refractivity contribution in [1.29, 1.82) is 0 Å². The highest BCUT2D eigenvalue weighted by atomic mass is 35.5. The monoisotopic (exact) mass is 247 g/mol. The standard InChI is InChI=1S/C10H18ClN3S/c1-8(2)9-13-10(15-14-9)12-7-5-3-4-6-11/h8H,3-7H2,1-2H3,(H,12,13,14). The number of aromatic nitrogens is 2. The number of hydrogen-bond donors (Lipinski definition) is 1. The summed E-state index contributed by atoms with van der Waals surface area (Å²) in [6.07, 6.45) is 3.41. The van der Waals surface area contributed by atoms with Gasteiger partial charge in [-0.3, -0.25) is 0 Å². The summed E-state index contributed by atoms with van der Waals surface area (Å²) < 4.78 is 4.28. The summed E-state index contributed by atoms with van der Waals surface area (Å²) in [6.45, 7) is 5.17. The molecular formula is C10H18ClN3S. The first kappa shape index (κ1) is 12.7. The number of alkyl halides is 1. The highest BCUT2D eigenvalue weighted by molar-refractivity contribution is 7.09. The molecule has 0 unspecified atom stereocenters. The molecule has 0 aliphatic heterocycles. The van der Waals surface area contributed by atoms with E-state index < -0.39 is 0 Å². The molecule has 0 saturated carbocycles. The van der Waals surface area contributed by atoms with Crippen LogP contribution in [0.4, 0.5) is 5.13 Å². The maximum Gasteiger partial charge on any atom is 0.202 e. The predicted molar refractivity (Wildman–Crippen MR) is 67.1 cm³/mol. The summed E-state index contributed by atoms with van der Waals surface area (Å²) in [4.78, 5) is 4.40. The van der Waals surface area contributed by atoms with Gasteiger partial charge in [0.1, 0.15) is 5.82 Å². The van der Waals surface area contributed by atoms with Gasteiger partial charge in [0.15, 0.2) is 0 Å². The van der Waals surface area contributed by atoms with Crippen molar-refractivity contribution in [2.75, 3.05) is 17.7 Å². The molecule has 1 rings (SSSR count). The Morgan fingerprint density at radius 1 is 1.33 bits per heavy atom. The van der Waals surface area contributed by atoms with Crippen molar-refractivity contribution in [2.24, 2.45) is 0 Å². The molecule has 3 nitrogen and oxygen atoms in total. The zero-order chi connectivity index (χ0) is 11.1. The molecule has 0 aliphatic carbocycles. The van der Waals surface area contributed by atoms with E-state index in [1.807, 2.05) is 0 Å². The van der Waals surface area contributed by atoms with Gasteiger partial charge >= 0.3 is 0 Å². The molecule has 0 fully saturated rings. The lowest BCUT2D eigenvalue weighted by atomic mass is 10.2. The Labute approximate surface area is 100 Å². The van der Waals surface area contributed by atoms with Crippen LogP contribution in [0.15, 0.2) is 0 Å². The zero-order valence-electron chi connectivity index (χ0n) is 9.29. The van der Waals surface area contributed by atoms with Crippen molar-refractivity contribution in [3.05, 3.63) is 5.82 Å². The third-order valence-corrected chi connectivity index (χ3v) is 3.00. The second-order valence-electron chi connectivity index (χ2n) is 3.79. The van der Waals surface area contributed by atoms with Crippen molar-refractivity contribution < 1.29 is 0 Å². The normalized spacial score (nSPS) is 10.9. The molecule has 1 heterocycles. The molecule has 0 radical (unpaired) electrons. The van der Waals surface area contributed by atoms with Crippen molar-refractivity contribution in [2.45, 2.75) is 39.0 Å². The summed E-state index contributed by atoms with van der Waals surface area (Å²) in [5, 5.41) is 4.22. The van der Waals surface area contributed by atoms with Crippen LogP contribution in [0, 0.1) is 0 Å². The van der Waals surface area contributed by atoms with Gasteiger partial charge in [0.25, 0.3) is 0 Å². The van der Waals surface area contributed by atoms with Crippen LogP contribution in [0.25, 0.3) is 0 Å². The molecule has 0 amide bonds. The van der Waals surface area contributed by atoms with Gasteiger partial charge in [-0.1, -0.05) is 20.3 Å². The van der Waals surface area contributed by atoms with E-state index in [4.69, 9.17) is 11.6 Å². The van der Waals surface area contributed by atoms with E-state index in [1.54, 1.807) is 0 Å². The SMILES string of the molecule is CC(C)c1nsc(NCCCCCCl)n1. The minimum atomic E-state index is 0.410. The van der Waals surface area contributed by atoms with Gasteiger partial charge in [-0.15, -0.1) is 11.6 Å². The zero-order valence-corrected chi connectivity index (χ0v) is 10.9. The van der Waals surface area contributed by atoms with Gasteiger partial charge in [0, 0.05) is 29.9 Å². The lowest BCUT2D eigenvalue weighted by Crippen LogP contribution is -2.01. The van der Waals surface area contributed by atoms with Crippen LogP contribution in [0.3, 0.4) is 0 Å². The quantitative estimate of drug-likeness (QED) is 0.592. The van der Waals surface area contributed by atoms with E-state index in [9.17, 15) is 0 Å².